The van der Waals surface area contributed by atoms with E-state index >= 15 is 0 Å². The Morgan fingerprint density at radius 3 is 2.16 bits per heavy atom. The van der Waals surface area contributed by atoms with Gasteiger partial charge in [0.15, 0.2) is 0 Å². The molecule has 0 aliphatic heterocycles. The standard InChI is InChI=1S/C14H21NO4/c1-9(2)10(8-16)15-14(17)13-11(18-3)6-5-7-12(13)19-4/h5-7,9-10,16H,8H2,1-4H3,(H,15,17). The van der Waals surface area contributed by atoms with Crippen LogP contribution in [0.25, 0.3) is 0 Å². The third-order valence-electron chi connectivity index (χ3n) is 2.97. The molecule has 1 aromatic carbocycles. The van der Waals surface area contributed by atoms with E-state index in [1.54, 1.807) is 18.2 Å². The largest absolute Gasteiger partial charge is 0.496 e. The van der Waals surface area contributed by atoms with Crippen LogP contribution in [-0.2, 0) is 0 Å². The Hall–Kier alpha value is -1.75. The summed E-state index contributed by atoms with van der Waals surface area (Å²) in [5.41, 5.74) is 0.339. The van der Waals surface area contributed by atoms with Crippen molar-refractivity contribution in [2.75, 3.05) is 20.8 Å². The third-order valence-corrected chi connectivity index (χ3v) is 2.97. The lowest BCUT2D eigenvalue weighted by molar-refractivity contribution is 0.0890. The second-order valence-corrected chi connectivity index (χ2v) is 4.54. The molecule has 19 heavy (non-hydrogen) atoms. The van der Waals surface area contributed by atoms with Crippen LogP contribution >= 0.6 is 0 Å². The summed E-state index contributed by atoms with van der Waals surface area (Å²) in [5, 5.41) is 12.1. The zero-order valence-corrected chi connectivity index (χ0v) is 11.8. The summed E-state index contributed by atoms with van der Waals surface area (Å²) in [5.74, 6) is 0.700. The van der Waals surface area contributed by atoms with Crippen molar-refractivity contribution in [3.63, 3.8) is 0 Å². The molecule has 0 bridgehead atoms. The van der Waals surface area contributed by atoms with E-state index in [0.29, 0.717) is 17.1 Å². The maximum atomic E-state index is 12.3. The number of ether oxygens (including phenoxy) is 2. The molecular weight excluding hydrogens is 246 g/mol. The molecule has 0 saturated heterocycles. The highest BCUT2D eigenvalue weighted by Gasteiger charge is 2.22. The van der Waals surface area contributed by atoms with Gasteiger partial charge in [-0.05, 0) is 18.1 Å². The number of carbonyl (C=O) groups excluding carboxylic acids is 1. The first-order chi connectivity index (χ1) is 9.04. The van der Waals surface area contributed by atoms with E-state index in [9.17, 15) is 9.90 Å². The Balaban J connectivity index is 3.04. The Labute approximate surface area is 113 Å². The van der Waals surface area contributed by atoms with Gasteiger partial charge in [0.25, 0.3) is 5.91 Å². The van der Waals surface area contributed by atoms with E-state index < -0.39 is 0 Å². The maximum Gasteiger partial charge on any atom is 0.259 e. The summed E-state index contributed by atoms with van der Waals surface area (Å²) in [7, 11) is 3.00. The molecule has 0 aliphatic carbocycles. The van der Waals surface area contributed by atoms with Crippen LogP contribution in [0.4, 0.5) is 0 Å². The summed E-state index contributed by atoms with van der Waals surface area (Å²) >= 11 is 0. The lowest BCUT2D eigenvalue weighted by Gasteiger charge is -2.21. The molecule has 1 unspecified atom stereocenters. The maximum absolute atomic E-state index is 12.3. The van der Waals surface area contributed by atoms with Crippen molar-refractivity contribution >= 4 is 5.91 Å². The molecule has 106 valence electrons. The van der Waals surface area contributed by atoms with Crippen LogP contribution in [-0.4, -0.2) is 37.9 Å². The van der Waals surface area contributed by atoms with E-state index in [-0.39, 0.29) is 24.5 Å². The fraction of sp³-hybridized carbons (Fsp3) is 0.500. The molecule has 1 aromatic rings. The van der Waals surface area contributed by atoms with Gasteiger partial charge in [0, 0.05) is 0 Å². The van der Waals surface area contributed by atoms with E-state index in [1.165, 1.54) is 14.2 Å². The van der Waals surface area contributed by atoms with Gasteiger partial charge >= 0.3 is 0 Å². The van der Waals surface area contributed by atoms with Gasteiger partial charge in [-0.2, -0.15) is 0 Å². The van der Waals surface area contributed by atoms with Gasteiger partial charge in [-0.3, -0.25) is 4.79 Å². The van der Waals surface area contributed by atoms with Crippen LogP contribution < -0.4 is 14.8 Å². The Morgan fingerprint density at radius 1 is 1.26 bits per heavy atom. The third kappa shape index (κ3) is 3.61. The van der Waals surface area contributed by atoms with Crippen molar-refractivity contribution in [1.29, 1.82) is 0 Å². The molecule has 2 N–H and O–H groups in total. The molecule has 0 spiro atoms. The van der Waals surface area contributed by atoms with Crippen LogP contribution in [0.15, 0.2) is 18.2 Å². The van der Waals surface area contributed by atoms with Crippen LogP contribution in [0.2, 0.25) is 0 Å². The quantitative estimate of drug-likeness (QED) is 0.818. The molecule has 0 fully saturated rings. The molecule has 1 rings (SSSR count). The molecule has 0 saturated carbocycles. The lowest BCUT2D eigenvalue weighted by Crippen LogP contribution is -2.41. The number of aliphatic hydroxyl groups is 1. The minimum absolute atomic E-state index is 0.110. The highest BCUT2D eigenvalue weighted by atomic mass is 16.5. The number of carbonyl (C=O) groups is 1. The summed E-state index contributed by atoms with van der Waals surface area (Å²) in [6.45, 7) is 3.75. The Kier molecular flexibility index (Phi) is 5.63. The first-order valence-corrected chi connectivity index (χ1v) is 6.17. The van der Waals surface area contributed by atoms with Crippen molar-refractivity contribution in [1.82, 2.24) is 5.32 Å². The molecule has 0 radical (unpaired) electrons. The van der Waals surface area contributed by atoms with Gasteiger partial charge < -0.3 is 19.9 Å². The first kappa shape index (κ1) is 15.3. The summed E-state index contributed by atoms with van der Waals surface area (Å²) in [6.07, 6.45) is 0. The van der Waals surface area contributed by atoms with Crippen molar-refractivity contribution in [3.05, 3.63) is 23.8 Å². The lowest BCUT2D eigenvalue weighted by atomic mass is 10.0. The van der Waals surface area contributed by atoms with Gasteiger partial charge in [-0.25, -0.2) is 0 Å². The number of benzene rings is 1. The van der Waals surface area contributed by atoms with Gasteiger partial charge in [0.1, 0.15) is 17.1 Å². The van der Waals surface area contributed by atoms with E-state index in [2.05, 4.69) is 5.32 Å². The molecule has 0 heterocycles. The zero-order chi connectivity index (χ0) is 14.4. The highest BCUT2D eigenvalue weighted by Crippen LogP contribution is 2.28. The number of rotatable bonds is 6. The van der Waals surface area contributed by atoms with Gasteiger partial charge in [-0.1, -0.05) is 19.9 Å². The van der Waals surface area contributed by atoms with E-state index in [1.807, 2.05) is 13.8 Å². The summed E-state index contributed by atoms with van der Waals surface area (Å²) < 4.78 is 10.4. The minimum atomic E-state index is -0.318. The number of hydrogen-bond donors (Lipinski definition) is 2. The van der Waals surface area contributed by atoms with Crippen molar-refractivity contribution < 1.29 is 19.4 Å². The first-order valence-electron chi connectivity index (χ1n) is 6.17. The molecule has 0 aromatic heterocycles. The van der Waals surface area contributed by atoms with Crippen LogP contribution in [0.3, 0.4) is 0 Å². The Morgan fingerprint density at radius 2 is 1.79 bits per heavy atom. The second-order valence-electron chi connectivity index (χ2n) is 4.54. The number of amides is 1. The van der Waals surface area contributed by atoms with Crippen LogP contribution in [0.1, 0.15) is 24.2 Å². The molecule has 0 aliphatic rings. The van der Waals surface area contributed by atoms with Crippen molar-refractivity contribution in [3.8, 4) is 11.5 Å². The highest BCUT2D eigenvalue weighted by molar-refractivity contribution is 5.99. The van der Waals surface area contributed by atoms with Crippen LogP contribution in [0, 0.1) is 5.92 Å². The molecule has 1 atom stereocenters. The average Bonchev–Trinajstić information content (AvgIpc) is 2.42. The normalized spacial score (nSPS) is 12.1. The number of methoxy groups -OCH3 is 2. The molecular formula is C14H21NO4. The predicted octanol–water partition coefficient (Wildman–Crippen LogP) is 1.45. The number of aliphatic hydroxyl groups excluding tert-OH is 1. The van der Waals surface area contributed by atoms with E-state index in [4.69, 9.17) is 9.47 Å². The van der Waals surface area contributed by atoms with Gasteiger partial charge in [0.2, 0.25) is 0 Å². The molecule has 5 nitrogen and oxygen atoms in total. The van der Waals surface area contributed by atoms with Crippen LogP contribution in [0.5, 0.6) is 11.5 Å². The monoisotopic (exact) mass is 267 g/mol. The minimum Gasteiger partial charge on any atom is -0.496 e. The van der Waals surface area contributed by atoms with Gasteiger partial charge in [0.05, 0.1) is 26.9 Å². The topological polar surface area (TPSA) is 67.8 Å². The van der Waals surface area contributed by atoms with E-state index in [0.717, 1.165) is 0 Å². The van der Waals surface area contributed by atoms with Crippen molar-refractivity contribution in [2.24, 2.45) is 5.92 Å². The number of hydrogen-bond acceptors (Lipinski definition) is 4. The van der Waals surface area contributed by atoms with Crippen molar-refractivity contribution in [2.45, 2.75) is 19.9 Å². The Bertz CT molecular complexity index is 409. The smallest absolute Gasteiger partial charge is 0.259 e. The molecule has 1 amide bonds. The fourth-order valence-corrected chi connectivity index (χ4v) is 1.74. The predicted molar refractivity (Wildman–Crippen MR) is 72.7 cm³/mol. The van der Waals surface area contributed by atoms with Gasteiger partial charge in [-0.15, -0.1) is 0 Å². The summed E-state index contributed by atoms with van der Waals surface area (Å²) in [4.78, 5) is 12.3. The summed E-state index contributed by atoms with van der Waals surface area (Å²) in [6, 6.07) is 4.84. The zero-order valence-electron chi connectivity index (χ0n) is 11.8. The fourth-order valence-electron chi connectivity index (χ4n) is 1.74. The number of nitrogens with one attached hydrogen (secondary N) is 1. The molecule has 5 heteroatoms. The second kappa shape index (κ2) is 6.99. The SMILES string of the molecule is COc1cccc(OC)c1C(=O)NC(CO)C(C)C. The average molecular weight is 267 g/mol.